The van der Waals surface area contributed by atoms with Gasteiger partial charge in [-0.3, -0.25) is 0 Å². The number of nitrogens with zero attached hydrogens (tertiary/aromatic N) is 2. The molecule has 0 aromatic carbocycles. The summed E-state index contributed by atoms with van der Waals surface area (Å²) >= 11 is 5.21. The highest BCUT2D eigenvalue weighted by molar-refractivity contribution is 9.10. The lowest BCUT2D eigenvalue weighted by Crippen LogP contribution is -2.04. The summed E-state index contributed by atoms with van der Waals surface area (Å²) in [6.07, 6.45) is 0.841. The molecule has 3 nitrogen and oxygen atoms in total. The number of aromatic nitrogens is 2. The van der Waals surface area contributed by atoms with Crippen molar-refractivity contribution in [1.82, 2.24) is 9.97 Å². The topological polar surface area (TPSA) is 37.8 Å². The minimum atomic E-state index is 0.841. The second-order valence-corrected chi connectivity index (χ2v) is 5.17. The zero-order valence-corrected chi connectivity index (χ0v) is 12.2. The van der Waals surface area contributed by atoms with Crippen LogP contribution in [0.15, 0.2) is 21.3 Å². The summed E-state index contributed by atoms with van der Waals surface area (Å²) in [5.74, 6) is 1.77. The molecule has 0 aliphatic carbocycles. The first-order valence-corrected chi connectivity index (χ1v) is 7.32. The van der Waals surface area contributed by atoms with Crippen molar-refractivity contribution < 1.29 is 0 Å². The molecule has 2 rings (SSSR count). The van der Waals surface area contributed by atoms with E-state index in [1.807, 2.05) is 6.07 Å². The number of anilines is 1. The predicted octanol–water partition coefficient (Wildman–Crippen LogP) is 3.96. The summed E-state index contributed by atoms with van der Waals surface area (Å²) in [6, 6.07) is 2.00. The fourth-order valence-corrected chi connectivity index (χ4v) is 3.02. The maximum atomic E-state index is 4.56. The van der Waals surface area contributed by atoms with Crippen molar-refractivity contribution in [1.29, 1.82) is 0 Å². The molecule has 0 amide bonds. The summed E-state index contributed by atoms with van der Waals surface area (Å²) in [6.45, 7) is 5.00. The third-order valence-electron chi connectivity index (χ3n) is 2.34. The molecule has 0 fully saturated rings. The molecule has 2 aromatic rings. The summed E-state index contributed by atoms with van der Waals surface area (Å²) in [4.78, 5) is 9.01. The number of rotatable bonds is 4. The zero-order valence-electron chi connectivity index (χ0n) is 9.83. The number of halogens is 1. The van der Waals surface area contributed by atoms with Crippen molar-refractivity contribution in [3.63, 3.8) is 0 Å². The summed E-state index contributed by atoms with van der Waals surface area (Å²) in [5, 5.41) is 7.41. The molecule has 0 aliphatic rings. The van der Waals surface area contributed by atoms with Gasteiger partial charge in [0.1, 0.15) is 11.6 Å². The van der Waals surface area contributed by atoms with Crippen LogP contribution in [-0.4, -0.2) is 16.5 Å². The molecule has 90 valence electrons. The van der Waals surface area contributed by atoms with Crippen LogP contribution in [0.3, 0.4) is 0 Å². The van der Waals surface area contributed by atoms with Crippen LogP contribution < -0.4 is 5.32 Å². The molecule has 0 radical (unpaired) electrons. The summed E-state index contributed by atoms with van der Waals surface area (Å²) in [7, 11) is 0. The number of aryl methyl sites for hydroxylation is 1. The molecule has 17 heavy (non-hydrogen) atoms. The Hall–Kier alpha value is -0.940. The van der Waals surface area contributed by atoms with E-state index in [0.29, 0.717) is 0 Å². The number of hydrogen-bond acceptors (Lipinski definition) is 4. The number of hydrogen-bond donors (Lipinski definition) is 1. The molecule has 2 heterocycles. The van der Waals surface area contributed by atoms with Gasteiger partial charge < -0.3 is 5.32 Å². The van der Waals surface area contributed by atoms with E-state index >= 15 is 0 Å². The molecule has 2 aromatic heterocycles. The van der Waals surface area contributed by atoms with Gasteiger partial charge in [0.15, 0.2) is 0 Å². The fourth-order valence-electron chi connectivity index (χ4n) is 1.53. The van der Waals surface area contributed by atoms with Crippen LogP contribution in [0.1, 0.15) is 19.7 Å². The van der Waals surface area contributed by atoms with E-state index in [-0.39, 0.29) is 0 Å². The average molecular weight is 312 g/mol. The van der Waals surface area contributed by atoms with Crippen LogP contribution in [0.4, 0.5) is 5.82 Å². The van der Waals surface area contributed by atoms with Crippen molar-refractivity contribution in [2.45, 2.75) is 20.3 Å². The van der Waals surface area contributed by atoms with Crippen molar-refractivity contribution in [3.05, 3.63) is 27.1 Å². The standard InChI is InChI=1S/C12H14BrN3S/c1-3-11-15-10(5-12(16-11)14-4-2)8-6-17-7-9(8)13/h5-7H,3-4H2,1-2H3,(H,14,15,16). The van der Waals surface area contributed by atoms with E-state index in [1.54, 1.807) is 11.3 Å². The number of thiophene rings is 1. The normalized spacial score (nSPS) is 10.5. The lowest BCUT2D eigenvalue weighted by Gasteiger charge is -2.07. The molecule has 0 spiro atoms. The highest BCUT2D eigenvalue weighted by Crippen LogP contribution is 2.31. The Kier molecular flexibility index (Phi) is 4.12. The monoisotopic (exact) mass is 311 g/mol. The van der Waals surface area contributed by atoms with Crippen LogP contribution in [0.5, 0.6) is 0 Å². The van der Waals surface area contributed by atoms with Crippen molar-refractivity contribution in [2.75, 3.05) is 11.9 Å². The third-order valence-corrected chi connectivity index (χ3v) is 4.04. The first-order chi connectivity index (χ1) is 8.24. The Morgan fingerprint density at radius 2 is 2.12 bits per heavy atom. The van der Waals surface area contributed by atoms with E-state index in [0.717, 1.165) is 40.3 Å². The molecule has 0 saturated heterocycles. The molecular weight excluding hydrogens is 298 g/mol. The van der Waals surface area contributed by atoms with E-state index < -0.39 is 0 Å². The van der Waals surface area contributed by atoms with E-state index in [2.05, 4.69) is 55.8 Å². The molecule has 1 N–H and O–H groups in total. The van der Waals surface area contributed by atoms with Crippen LogP contribution in [0.2, 0.25) is 0 Å². The Morgan fingerprint density at radius 1 is 1.29 bits per heavy atom. The van der Waals surface area contributed by atoms with Gasteiger partial charge in [0.25, 0.3) is 0 Å². The second-order valence-electron chi connectivity index (χ2n) is 3.57. The maximum Gasteiger partial charge on any atom is 0.131 e. The van der Waals surface area contributed by atoms with Crippen LogP contribution in [-0.2, 0) is 6.42 Å². The Bertz CT molecular complexity index is 510. The van der Waals surface area contributed by atoms with E-state index in [4.69, 9.17) is 0 Å². The Labute approximate surface area is 113 Å². The molecule has 0 atom stereocenters. The molecular formula is C12H14BrN3S. The summed E-state index contributed by atoms with van der Waals surface area (Å²) in [5.41, 5.74) is 2.10. The molecule has 0 saturated carbocycles. The van der Waals surface area contributed by atoms with Gasteiger partial charge in [-0.2, -0.15) is 11.3 Å². The zero-order chi connectivity index (χ0) is 12.3. The van der Waals surface area contributed by atoms with Crippen molar-refractivity contribution >= 4 is 33.1 Å². The van der Waals surface area contributed by atoms with Crippen molar-refractivity contribution in [3.8, 4) is 11.3 Å². The largest absolute Gasteiger partial charge is 0.370 e. The van der Waals surface area contributed by atoms with Gasteiger partial charge in [-0.15, -0.1) is 0 Å². The lowest BCUT2D eigenvalue weighted by molar-refractivity contribution is 0.939. The fraction of sp³-hybridized carbons (Fsp3) is 0.333. The first kappa shape index (κ1) is 12.5. The van der Waals surface area contributed by atoms with Crippen molar-refractivity contribution in [2.24, 2.45) is 0 Å². The molecule has 0 unspecified atom stereocenters. The third kappa shape index (κ3) is 2.84. The van der Waals surface area contributed by atoms with Gasteiger partial charge in [0, 0.05) is 39.8 Å². The van der Waals surface area contributed by atoms with Gasteiger partial charge in [-0.1, -0.05) is 6.92 Å². The smallest absolute Gasteiger partial charge is 0.131 e. The highest BCUT2D eigenvalue weighted by atomic mass is 79.9. The van der Waals surface area contributed by atoms with E-state index in [9.17, 15) is 0 Å². The SMILES string of the molecule is CCNc1cc(-c2cscc2Br)nc(CC)n1. The molecule has 5 heteroatoms. The quantitative estimate of drug-likeness (QED) is 0.928. The summed E-state index contributed by atoms with van der Waals surface area (Å²) < 4.78 is 1.09. The highest BCUT2D eigenvalue weighted by Gasteiger charge is 2.09. The maximum absolute atomic E-state index is 4.56. The average Bonchev–Trinajstić information content (AvgIpc) is 2.75. The minimum Gasteiger partial charge on any atom is -0.370 e. The van der Waals surface area contributed by atoms with E-state index in [1.165, 1.54) is 0 Å². The van der Waals surface area contributed by atoms with Gasteiger partial charge in [-0.05, 0) is 22.9 Å². The Morgan fingerprint density at radius 3 is 2.71 bits per heavy atom. The minimum absolute atomic E-state index is 0.841. The second kappa shape index (κ2) is 5.60. The molecule has 0 aliphatic heterocycles. The first-order valence-electron chi connectivity index (χ1n) is 5.58. The van der Waals surface area contributed by atoms with Crippen LogP contribution >= 0.6 is 27.3 Å². The van der Waals surface area contributed by atoms with Crippen LogP contribution in [0, 0.1) is 0 Å². The van der Waals surface area contributed by atoms with Crippen LogP contribution in [0.25, 0.3) is 11.3 Å². The molecule has 0 bridgehead atoms. The Balaban J connectivity index is 2.46. The van der Waals surface area contributed by atoms with Gasteiger partial charge in [0.2, 0.25) is 0 Å². The lowest BCUT2D eigenvalue weighted by atomic mass is 10.2. The predicted molar refractivity (Wildman–Crippen MR) is 76.6 cm³/mol. The number of nitrogens with one attached hydrogen (secondary N) is 1. The van der Waals surface area contributed by atoms with Gasteiger partial charge in [-0.25, -0.2) is 9.97 Å². The van der Waals surface area contributed by atoms with Gasteiger partial charge in [0.05, 0.1) is 5.69 Å². The van der Waals surface area contributed by atoms with Gasteiger partial charge >= 0.3 is 0 Å².